The molecule has 30 heavy (non-hydrogen) atoms. The molecule has 3 heterocycles. The Hall–Kier alpha value is -3.54. The van der Waals surface area contributed by atoms with Gasteiger partial charge in [0.05, 0.1) is 11.6 Å². The highest BCUT2D eigenvalue weighted by Gasteiger charge is 2.35. The summed E-state index contributed by atoms with van der Waals surface area (Å²) in [4.78, 5) is 35.3. The van der Waals surface area contributed by atoms with Gasteiger partial charge in [0.15, 0.2) is 0 Å². The van der Waals surface area contributed by atoms with Gasteiger partial charge in [-0.1, -0.05) is 6.07 Å². The van der Waals surface area contributed by atoms with Gasteiger partial charge in [-0.05, 0) is 66.9 Å². The minimum absolute atomic E-state index is 0.0118. The van der Waals surface area contributed by atoms with E-state index in [9.17, 15) is 9.59 Å². The van der Waals surface area contributed by atoms with Crippen LogP contribution in [0.4, 0.5) is 5.69 Å². The summed E-state index contributed by atoms with van der Waals surface area (Å²) in [6.45, 7) is 4.87. The number of anilines is 1. The average molecular weight is 400 g/mol. The lowest BCUT2D eigenvalue weighted by Crippen LogP contribution is -2.32. The normalized spacial score (nSPS) is 16.0. The minimum Gasteiger partial charge on any atom is -0.352 e. The van der Waals surface area contributed by atoms with Gasteiger partial charge < -0.3 is 10.2 Å². The van der Waals surface area contributed by atoms with Gasteiger partial charge in [0.2, 0.25) is 11.8 Å². The molecule has 6 nitrogen and oxygen atoms in total. The number of carbonyl (C=O) groups is 2. The third kappa shape index (κ3) is 4.22. The summed E-state index contributed by atoms with van der Waals surface area (Å²) >= 11 is 0. The van der Waals surface area contributed by atoms with Gasteiger partial charge in [-0.25, -0.2) is 0 Å². The highest BCUT2D eigenvalue weighted by Crippen LogP contribution is 2.27. The zero-order valence-electron chi connectivity index (χ0n) is 17.1. The van der Waals surface area contributed by atoms with Crippen molar-refractivity contribution >= 4 is 17.5 Å². The van der Waals surface area contributed by atoms with Crippen molar-refractivity contribution in [3.05, 3.63) is 77.7 Å². The highest BCUT2D eigenvalue weighted by atomic mass is 16.2. The van der Waals surface area contributed by atoms with Crippen molar-refractivity contribution in [2.24, 2.45) is 5.92 Å². The molecule has 1 atom stereocenters. The molecule has 0 radical (unpaired) electrons. The number of hydrogen-bond donors (Lipinski definition) is 1. The van der Waals surface area contributed by atoms with Crippen LogP contribution >= 0.6 is 0 Å². The van der Waals surface area contributed by atoms with E-state index in [1.165, 1.54) is 5.56 Å². The Morgan fingerprint density at radius 1 is 1.07 bits per heavy atom. The van der Waals surface area contributed by atoms with Crippen LogP contribution in [0.5, 0.6) is 0 Å². The van der Waals surface area contributed by atoms with Crippen molar-refractivity contribution in [1.82, 2.24) is 15.3 Å². The van der Waals surface area contributed by atoms with E-state index < -0.39 is 0 Å². The second-order valence-corrected chi connectivity index (χ2v) is 7.68. The van der Waals surface area contributed by atoms with Crippen molar-refractivity contribution in [2.45, 2.75) is 26.8 Å². The Bertz CT molecular complexity index is 1080. The number of pyridine rings is 2. The number of nitrogens with one attached hydrogen (secondary N) is 1. The van der Waals surface area contributed by atoms with Crippen molar-refractivity contribution in [3.63, 3.8) is 0 Å². The second kappa shape index (κ2) is 8.45. The zero-order valence-corrected chi connectivity index (χ0v) is 17.1. The first-order chi connectivity index (χ1) is 14.5. The molecule has 1 aromatic carbocycles. The van der Waals surface area contributed by atoms with Crippen molar-refractivity contribution < 1.29 is 9.59 Å². The van der Waals surface area contributed by atoms with Crippen LogP contribution in [0.3, 0.4) is 0 Å². The molecule has 3 aromatic rings. The predicted octanol–water partition coefficient (Wildman–Crippen LogP) is 3.43. The van der Waals surface area contributed by atoms with Crippen LogP contribution in [-0.4, -0.2) is 28.3 Å². The van der Waals surface area contributed by atoms with Gasteiger partial charge in [0, 0.05) is 49.4 Å². The SMILES string of the molecule is Cc1ccc(N2C[C@@H](C(=O)NCc3ccnc(-c4ccncc4)c3)CC2=O)cc1C. The number of benzene rings is 1. The first kappa shape index (κ1) is 19.8. The number of aromatic nitrogens is 2. The molecule has 4 rings (SSSR count). The molecule has 1 fully saturated rings. The fourth-order valence-electron chi connectivity index (χ4n) is 3.62. The summed E-state index contributed by atoms with van der Waals surface area (Å²) in [5.41, 5.74) is 5.94. The maximum absolute atomic E-state index is 12.7. The van der Waals surface area contributed by atoms with E-state index in [0.717, 1.165) is 28.1 Å². The van der Waals surface area contributed by atoms with Crippen molar-refractivity contribution in [1.29, 1.82) is 0 Å². The maximum Gasteiger partial charge on any atom is 0.227 e. The van der Waals surface area contributed by atoms with E-state index in [0.29, 0.717) is 13.1 Å². The third-order valence-electron chi connectivity index (χ3n) is 5.57. The van der Waals surface area contributed by atoms with Gasteiger partial charge in [-0.15, -0.1) is 0 Å². The van der Waals surface area contributed by atoms with E-state index in [4.69, 9.17) is 0 Å². The molecule has 0 aliphatic carbocycles. The van der Waals surface area contributed by atoms with Gasteiger partial charge in [-0.3, -0.25) is 19.6 Å². The molecular formula is C24H24N4O2. The molecule has 1 aliphatic heterocycles. The Morgan fingerprint density at radius 3 is 2.63 bits per heavy atom. The minimum atomic E-state index is -0.347. The molecule has 0 saturated carbocycles. The van der Waals surface area contributed by atoms with Gasteiger partial charge in [-0.2, -0.15) is 0 Å². The molecule has 2 aromatic heterocycles. The lowest BCUT2D eigenvalue weighted by Gasteiger charge is -2.18. The van der Waals surface area contributed by atoms with E-state index in [1.807, 2.05) is 56.3 Å². The van der Waals surface area contributed by atoms with Gasteiger partial charge in [0.25, 0.3) is 0 Å². The van der Waals surface area contributed by atoms with Crippen LogP contribution in [0.15, 0.2) is 61.1 Å². The molecule has 0 spiro atoms. The smallest absolute Gasteiger partial charge is 0.227 e. The van der Waals surface area contributed by atoms with Gasteiger partial charge in [0.1, 0.15) is 0 Å². The maximum atomic E-state index is 12.7. The Kier molecular flexibility index (Phi) is 5.57. The molecule has 1 saturated heterocycles. The number of amides is 2. The summed E-state index contributed by atoms with van der Waals surface area (Å²) in [6, 6.07) is 13.6. The van der Waals surface area contributed by atoms with E-state index >= 15 is 0 Å². The van der Waals surface area contributed by atoms with Crippen LogP contribution in [0.2, 0.25) is 0 Å². The van der Waals surface area contributed by atoms with Crippen LogP contribution in [0.25, 0.3) is 11.3 Å². The Labute approximate surface area is 176 Å². The van der Waals surface area contributed by atoms with Crippen LogP contribution in [-0.2, 0) is 16.1 Å². The summed E-state index contributed by atoms with van der Waals surface area (Å²) < 4.78 is 0. The fraction of sp³-hybridized carbons (Fsp3) is 0.250. The predicted molar refractivity (Wildman–Crippen MR) is 116 cm³/mol. The van der Waals surface area contributed by atoms with Crippen LogP contribution in [0, 0.1) is 19.8 Å². The van der Waals surface area contributed by atoms with Gasteiger partial charge >= 0.3 is 0 Å². The van der Waals surface area contributed by atoms with Crippen molar-refractivity contribution in [3.8, 4) is 11.3 Å². The second-order valence-electron chi connectivity index (χ2n) is 7.68. The Balaban J connectivity index is 1.39. The lowest BCUT2D eigenvalue weighted by atomic mass is 10.1. The molecule has 0 unspecified atom stereocenters. The molecular weight excluding hydrogens is 376 g/mol. The summed E-state index contributed by atoms with van der Waals surface area (Å²) in [5, 5.41) is 2.97. The monoisotopic (exact) mass is 400 g/mol. The third-order valence-corrected chi connectivity index (χ3v) is 5.57. The Morgan fingerprint density at radius 2 is 1.87 bits per heavy atom. The molecule has 1 N–H and O–H groups in total. The lowest BCUT2D eigenvalue weighted by molar-refractivity contribution is -0.126. The first-order valence-corrected chi connectivity index (χ1v) is 10.0. The van der Waals surface area contributed by atoms with E-state index in [1.54, 1.807) is 23.5 Å². The molecule has 0 bridgehead atoms. The average Bonchev–Trinajstić information content (AvgIpc) is 3.16. The fourth-order valence-corrected chi connectivity index (χ4v) is 3.62. The number of carbonyl (C=O) groups excluding carboxylic acids is 2. The summed E-state index contributed by atoms with van der Waals surface area (Å²) in [5.74, 6) is -0.458. The standard InChI is InChI=1S/C24H24N4O2/c1-16-3-4-21(11-17(16)2)28-15-20(13-23(28)29)24(30)27-14-18-5-10-26-22(12-18)19-6-8-25-9-7-19/h3-12,20H,13-15H2,1-2H3,(H,27,30)/t20-/m0/s1. The van der Waals surface area contributed by atoms with Crippen LogP contribution < -0.4 is 10.2 Å². The number of hydrogen-bond acceptors (Lipinski definition) is 4. The molecule has 6 heteroatoms. The largest absolute Gasteiger partial charge is 0.352 e. The molecule has 2 amide bonds. The number of aryl methyl sites for hydroxylation is 2. The van der Waals surface area contributed by atoms with Crippen molar-refractivity contribution in [2.75, 3.05) is 11.4 Å². The van der Waals surface area contributed by atoms with E-state index in [-0.39, 0.29) is 24.2 Å². The van der Waals surface area contributed by atoms with E-state index in [2.05, 4.69) is 15.3 Å². The highest BCUT2D eigenvalue weighted by molar-refractivity contribution is 6.00. The first-order valence-electron chi connectivity index (χ1n) is 10.0. The summed E-state index contributed by atoms with van der Waals surface area (Å²) in [6.07, 6.45) is 5.42. The topological polar surface area (TPSA) is 75.2 Å². The molecule has 152 valence electrons. The van der Waals surface area contributed by atoms with Crippen LogP contribution in [0.1, 0.15) is 23.1 Å². The quantitative estimate of drug-likeness (QED) is 0.712. The number of nitrogens with zero attached hydrogens (tertiary/aromatic N) is 3. The molecule has 1 aliphatic rings. The summed E-state index contributed by atoms with van der Waals surface area (Å²) in [7, 11) is 0. The zero-order chi connectivity index (χ0) is 21.1. The number of rotatable bonds is 5.